The fourth-order valence-corrected chi connectivity index (χ4v) is 3.62. The van der Waals surface area contributed by atoms with Crippen LogP contribution in [-0.4, -0.2) is 33.0 Å². The summed E-state index contributed by atoms with van der Waals surface area (Å²) in [6, 6.07) is 18.7. The molecule has 1 aromatic heterocycles. The zero-order valence-electron chi connectivity index (χ0n) is 16.3. The summed E-state index contributed by atoms with van der Waals surface area (Å²) in [4.78, 5) is 12.1. The smallest absolute Gasteiger partial charge is 0.230 e. The zero-order chi connectivity index (χ0) is 19.8. The van der Waals surface area contributed by atoms with Crippen LogP contribution in [0.1, 0.15) is 37.3 Å². The quantitative estimate of drug-likeness (QED) is 0.436. The van der Waals surface area contributed by atoms with E-state index in [9.17, 15) is 4.79 Å². The van der Waals surface area contributed by atoms with Gasteiger partial charge in [0.15, 0.2) is 5.16 Å². The minimum atomic E-state index is 0.0165. The maximum absolute atomic E-state index is 12.1. The highest BCUT2D eigenvalue weighted by Gasteiger charge is 2.10. The molecule has 0 aliphatic carbocycles. The lowest BCUT2D eigenvalue weighted by Gasteiger charge is -2.09. The molecule has 0 saturated carbocycles. The topological polar surface area (TPSA) is 59.8 Å². The van der Waals surface area contributed by atoms with Gasteiger partial charge in [-0.25, -0.2) is 0 Å². The van der Waals surface area contributed by atoms with E-state index in [1.807, 2.05) is 22.8 Å². The van der Waals surface area contributed by atoms with Crippen LogP contribution >= 0.6 is 11.8 Å². The number of carbonyl (C=O) groups is 1. The van der Waals surface area contributed by atoms with E-state index in [1.165, 1.54) is 22.9 Å². The van der Waals surface area contributed by atoms with Gasteiger partial charge in [-0.2, -0.15) is 0 Å². The molecule has 1 amide bonds. The Kier molecular flexibility index (Phi) is 7.25. The highest BCUT2D eigenvalue weighted by molar-refractivity contribution is 7.99. The van der Waals surface area contributed by atoms with Crippen LogP contribution in [0.25, 0.3) is 5.69 Å². The summed E-state index contributed by atoms with van der Waals surface area (Å²) < 4.78 is 1.91. The van der Waals surface area contributed by atoms with Gasteiger partial charge in [-0.1, -0.05) is 68.1 Å². The van der Waals surface area contributed by atoms with Gasteiger partial charge in [0.05, 0.1) is 5.75 Å². The molecule has 3 rings (SSSR count). The maximum Gasteiger partial charge on any atom is 0.230 e. The van der Waals surface area contributed by atoms with E-state index in [0.717, 1.165) is 23.7 Å². The number of thioether (sulfide) groups is 1. The molecule has 0 fully saturated rings. The molecule has 28 heavy (non-hydrogen) atoms. The summed E-state index contributed by atoms with van der Waals surface area (Å²) in [7, 11) is 0. The fourth-order valence-electron chi connectivity index (χ4n) is 2.87. The molecule has 0 aliphatic rings. The first kappa shape index (κ1) is 20.1. The van der Waals surface area contributed by atoms with Gasteiger partial charge in [0, 0.05) is 12.2 Å². The van der Waals surface area contributed by atoms with Gasteiger partial charge in [-0.3, -0.25) is 9.36 Å². The Labute approximate surface area is 170 Å². The van der Waals surface area contributed by atoms with Crippen LogP contribution < -0.4 is 5.32 Å². The molecular formula is C22H26N4OS. The monoisotopic (exact) mass is 394 g/mol. The van der Waals surface area contributed by atoms with Crippen molar-refractivity contribution in [3.8, 4) is 5.69 Å². The summed E-state index contributed by atoms with van der Waals surface area (Å²) >= 11 is 1.40. The van der Waals surface area contributed by atoms with Crippen LogP contribution in [0.2, 0.25) is 0 Å². The van der Waals surface area contributed by atoms with Crippen molar-refractivity contribution in [2.24, 2.45) is 0 Å². The van der Waals surface area contributed by atoms with E-state index >= 15 is 0 Å². The Morgan fingerprint density at radius 3 is 2.57 bits per heavy atom. The second kappa shape index (κ2) is 10.1. The van der Waals surface area contributed by atoms with Crippen LogP contribution in [0, 0.1) is 0 Å². The number of hydrogen-bond acceptors (Lipinski definition) is 4. The maximum atomic E-state index is 12.1. The van der Waals surface area contributed by atoms with Gasteiger partial charge in [0.2, 0.25) is 5.91 Å². The van der Waals surface area contributed by atoms with E-state index in [0.29, 0.717) is 18.2 Å². The predicted molar refractivity (Wildman–Crippen MR) is 114 cm³/mol. The molecule has 146 valence electrons. The first-order chi connectivity index (χ1) is 13.6. The molecule has 0 atom stereocenters. The van der Waals surface area contributed by atoms with Crippen LogP contribution in [0.15, 0.2) is 66.1 Å². The summed E-state index contributed by atoms with van der Waals surface area (Å²) in [5, 5.41) is 11.9. The van der Waals surface area contributed by atoms with E-state index < -0.39 is 0 Å². The number of nitrogens with one attached hydrogen (secondary N) is 1. The van der Waals surface area contributed by atoms with Crippen molar-refractivity contribution >= 4 is 17.7 Å². The Morgan fingerprint density at radius 2 is 1.86 bits per heavy atom. The molecule has 0 spiro atoms. The van der Waals surface area contributed by atoms with Gasteiger partial charge in [-0.15, -0.1) is 10.2 Å². The minimum absolute atomic E-state index is 0.0165. The second-order valence-corrected chi connectivity index (χ2v) is 7.90. The molecular weight excluding hydrogens is 368 g/mol. The number of aryl methyl sites for hydroxylation is 1. The van der Waals surface area contributed by atoms with Crippen LogP contribution in [0.4, 0.5) is 0 Å². The second-order valence-electron chi connectivity index (χ2n) is 6.96. The summed E-state index contributed by atoms with van der Waals surface area (Å²) in [6.45, 7) is 5.03. The lowest BCUT2D eigenvalue weighted by molar-refractivity contribution is -0.118. The van der Waals surface area contributed by atoms with Crippen molar-refractivity contribution in [2.75, 3.05) is 12.3 Å². The summed E-state index contributed by atoms with van der Waals surface area (Å²) in [5.74, 6) is 0.839. The van der Waals surface area contributed by atoms with E-state index in [4.69, 9.17) is 0 Å². The van der Waals surface area contributed by atoms with Crippen molar-refractivity contribution in [3.05, 3.63) is 72.1 Å². The Morgan fingerprint density at radius 1 is 1.11 bits per heavy atom. The molecule has 0 saturated heterocycles. The average molecular weight is 395 g/mol. The summed E-state index contributed by atoms with van der Waals surface area (Å²) in [6.07, 6.45) is 3.58. The number of nitrogens with zero attached hydrogens (tertiary/aromatic N) is 3. The molecule has 6 heteroatoms. The largest absolute Gasteiger partial charge is 0.355 e. The third-order valence-electron chi connectivity index (χ3n) is 4.49. The first-order valence-electron chi connectivity index (χ1n) is 9.57. The van der Waals surface area contributed by atoms with Crippen molar-refractivity contribution in [2.45, 2.75) is 37.8 Å². The Hall–Kier alpha value is -2.60. The number of carbonyl (C=O) groups excluding carboxylic acids is 1. The highest BCUT2D eigenvalue weighted by atomic mass is 32.2. The fraction of sp³-hybridized carbons (Fsp3) is 0.318. The molecule has 0 unspecified atom stereocenters. The average Bonchev–Trinajstić information content (AvgIpc) is 3.19. The zero-order valence-corrected chi connectivity index (χ0v) is 17.2. The van der Waals surface area contributed by atoms with Crippen molar-refractivity contribution in [1.82, 2.24) is 20.1 Å². The van der Waals surface area contributed by atoms with Crippen LogP contribution in [-0.2, 0) is 11.2 Å². The van der Waals surface area contributed by atoms with E-state index in [2.05, 4.69) is 65.8 Å². The SMILES string of the molecule is CC(C)c1ccc(-n2cnnc2SCC(=O)NCCCc2ccccc2)cc1. The molecule has 2 aromatic carbocycles. The predicted octanol–water partition coefficient (Wildman–Crippen LogP) is 4.23. The molecule has 0 aliphatic heterocycles. The van der Waals surface area contributed by atoms with Crippen LogP contribution in [0.5, 0.6) is 0 Å². The lowest BCUT2D eigenvalue weighted by atomic mass is 10.0. The third kappa shape index (κ3) is 5.70. The normalized spacial score (nSPS) is 11.0. The molecule has 1 heterocycles. The van der Waals surface area contributed by atoms with Crippen molar-refractivity contribution in [3.63, 3.8) is 0 Å². The van der Waals surface area contributed by atoms with Gasteiger partial charge < -0.3 is 5.32 Å². The number of amides is 1. The van der Waals surface area contributed by atoms with Gasteiger partial charge in [0.25, 0.3) is 0 Å². The molecule has 1 N–H and O–H groups in total. The molecule has 3 aromatic rings. The van der Waals surface area contributed by atoms with E-state index in [1.54, 1.807) is 6.33 Å². The Balaban J connectivity index is 1.46. The third-order valence-corrected chi connectivity index (χ3v) is 5.44. The highest BCUT2D eigenvalue weighted by Crippen LogP contribution is 2.21. The summed E-state index contributed by atoms with van der Waals surface area (Å²) in [5.41, 5.74) is 3.59. The number of aromatic nitrogens is 3. The van der Waals surface area contributed by atoms with Gasteiger partial charge in [0.1, 0.15) is 6.33 Å². The van der Waals surface area contributed by atoms with Crippen molar-refractivity contribution < 1.29 is 4.79 Å². The number of hydrogen-bond donors (Lipinski definition) is 1. The standard InChI is InChI=1S/C22H26N4OS/c1-17(2)19-10-12-20(13-11-19)26-16-24-25-22(26)28-15-21(27)23-14-6-9-18-7-4-3-5-8-18/h3-5,7-8,10-13,16-17H,6,9,14-15H2,1-2H3,(H,23,27). The molecule has 0 bridgehead atoms. The van der Waals surface area contributed by atoms with E-state index in [-0.39, 0.29) is 5.91 Å². The first-order valence-corrected chi connectivity index (χ1v) is 10.6. The molecule has 5 nitrogen and oxygen atoms in total. The van der Waals surface area contributed by atoms with Crippen LogP contribution in [0.3, 0.4) is 0 Å². The van der Waals surface area contributed by atoms with Crippen molar-refractivity contribution in [1.29, 1.82) is 0 Å². The molecule has 0 radical (unpaired) electrons. The Bertz CT molecular complexity index is 875. The minimum Gasteiger partial charge on any atom is -0.355 e. The van der Waals surface area contributed by atoms with Gasteiger partial charge in [-0.05, 0) is 42.0 Å². The van der Waals surface area contributed by atoms with Gasteiger partial charge >= 0.3 is 0 Å². The number of rotatable bonds is 9. The number of benzene rings is 2. The lowest BCUT2D eigenvalue weighted by Crippen LogP contribution is -2.26.